The van der Waals surface area contributed by atoms with E-state index in [1.165, 1.54) is 0 Å². The lowest BCUT2D eigenvalue weighted by Crippen LogP contribution is -1.93. The second kappa shape index (κ2) is 4.45. The largest absolute Gasteiger partial charge is 0.384 e. The SMILES string of the molecule is Cc1cc(N)nc(C#Cc2ccccn2)c1. The van der Waals surface area contributed by atoms with E-state index in [2.05, 4.69) is 21.8 Å². The highest BCUT2D eigenvalue weighted by Crippen LogP contribution is 2.05. The van der Waals surface area contributed by atoms with Crippen molar-refractivity contribution in [2.24, 2.45) is 0 Å². The summed E-state index contributed by atoms with van der Waals surface area (Å²) in [7, 11) is 0. The highest BCUT2D eigenvalue weighted by Gasteiger charge is 1.93. The molecule has 0 amide bonds. The average molecular weight is 209 g/mol. The Hall–Kier alpha value is -2.34. The summed E-state index contributed by atoms with van der Waals surface area (Å²) in [5.41, 5.74) is 8.08. The van der Waals surface area contributed by atoms with Gasteiger partial charge < -0.3 is 5.73 Å². The maximum atomic E-state index is 5.63. The summed E-state index contributed by atoms with van der Waals surface area (Å²) in [5, 5.41) is 0. The van der Waals surface area contributed by atoms with Crippen molar-refractivity contribution in [3.05, 3.63) is 53.5 Å². The van der Waals surface area contributed by atoms with Gasteiger partial charge in [-0.1, -0.05) is 6.07 Å². The summed E-state index contributed by atoms with van der Waals surface area (Å²) in [6.07, 6.45) is 1.71. The van der Waals surface area contributed by atoms with Gasteiger partial charge in [0.25, 0.3) is 0 Å². The fourth-order valence-electron chi connectivity index (χ4n) is 1.32. The third kappa shape index (κ3) is 2.58. The molecule has 16 heavy (non-hydrogen) atoms. The molecule has 3 heteroatoms. The first-order valence-electron chi connectivity index (χ1n) is 4.91. The van der Waals surface area contributed by atoms with Crippen molar-refractivity contribution < 1.29 is 0 Å². The number of nitrogens with zero attached hydrogens (tertiary/aromatic N) is 2. The standard InChI is InChI=1S/C13H11N3/c1-10-8-12(16-13(14)9-10)6-5-11-4-2-3-7-15-11/h2-4,7-9H,1H3,(H2,14,16). The molecule has 2 rings (SSSR count). The molecule has 2 aromatic heterocycles. The van der Waals surface area contributed by atoms with Gasteiger partial charge in [-0.25, -0.2) is 9.97 Å². The first-order valence-corrected chi connectivity index (χ1v) is 4.91. The van der Waals surface area contributed by atoms with Crippen molar-refractivity contribution in [2.45, 2.75) is 6.92 Å². The lowest BCUT2D eigenvalue weighted by molar-refractivity contribution is 1.25. The van der Waals surface area contributed by atoms with Gasteiger partial charge in [0.05, 0.1) is 0 Å². The minimum atomic E-state index is 0.491. The molecule has 0 unspecified atom stereocenters. The molecular weight excluding hydrogens is 198 g/mol. The van der Waals surface area contributed by atoms with Crippen LogP contribution in [0, 0.1) is 18.8 Å². The lowest BCUT2D eigenvalue weighted by atomic mass is 10.2. The van der Waals surface area contributed by atoms with Crippen molar-refractivity contribution >= 4 is 5.82 Å². The molecular formula is C13H11N3. The number of pyridine rings is 2. The van der Waals surface area contributed by atoms with Crippen LogP contribution in [0.2, 0.25) is 0 Å². The molecule has 0 aromatic carbocycles. The van der Waals surface area contributed by atoms with Crippen LogP contribution in [0.4, 0.5) is 5.82 Å². The number of hydrogen-bond acceptors (Lipinski definition) is 3. The second-order valence-electron chi connectivity index (χ2n) is 3.42. The van der Waals surface area contributed by atoms with Gasteiger partial charge in [0.2, 0.25) is 0 Å². The van der Waals surface area contributed by atoms with Gasteiger partial charge in [-0.2, -0.15) is 0 Å². The quantitative estimate of drug-likeness (QED) is 0.673. The molecule has 0 bridgehead atoms. The van der Waals surface area contributed by atoms with Crippen molar-refractivity contribution in [3.8, 4) is 11.8 Å². The van der Waals surface area contributed by atoms with Crippen LogP contribution in [0.5, 0.6) is 0 Å². The highest BCUT2D eigenvalue weighted by atomic mass is 14.8. The van der Waals surface area contributed by atoms with E-state index >= 15 is 0 Å². The Bertz CT molecular complexity index is 530. The molecule has 0 atom stereocenters. The summed E-state index contributed by atoms with van der Waals surface area (Å²) in [6.45, 7) is 1.96. The topological polar surface area (TPSA) is 51.8 Å². The molecule has 0 saturated carbocycles. The molecule has 0 radical (unpaired) electrons. The molecule has 0 saturated heterocycles. The van der Waals surface area contributed by atoms with E-state index in [0.717, 1.165) is 11.3 Å². The number of nitrogens with two attached hydrogens (primary N) is 1. The predicted molar refractivity (Wildman–Crippen MR) is 63.6 cm³/mol. The fraction of sp³-hybridized carbons (Fsp3) is 0.0769. The van der Waals surface area contributed by atoms with Crippen molar-refractivity contribution in [1.29, 1.82) is 0 Å². The highest BCUT2D eigenvalue weighted by molar-refractivity contribution is 5.42. The lowest BCUT2D eigenvalue weighted by Gasteiger charge is -1.96. The monoisotopic (exact) mass is 209 g/mol. The van der Waals surface area contributed by atoms with Gasteiger partial charge in [0, 0.05) is 6.20 Å². The molecule has 0 fully saturated rings. The van der Waals surface area contributed by atoms with Crippen LogP contribution >= 0.6 is 0 Å². The minimum Gasteiger partial charge on any atom is -0.384 e. The Morgan fingerprint density at radius 3 is 2.62 bits per heavy atom. The zero-order valence-electron chi connectivity index (χ0n) is 8.94. The first-order chi connectivity index (χ1) is 7.74. The fourth-order valence-corrected chi connectivity index (χ4v) is 1.32. The Kier molecular flexibility index (Phi) is 2.84. The van der Waals surface area contributed by atoms with E-state index in [9.17, 15) is 0 Å². The number of aryl methyl sites for hydroxylation is 1. The van der Waals surface area contributed by atoms with Crippen molar-refractivity contribution in [1.82, 2.24) is 9.97 Å². The minimum absolute atomic E-state index is 0.491. The van der Waals surface area contributed by atoms with E-state index < -0.39 is 0 Å². The predicted octanol–water partition coefficient (Wildman–Crippen LogP) is 1.77. The molecule has 0 aliphatic carbocycles. The average Bonchev–Trinajstić information content (AvgIpc) is 2.27. The molecule has 0 spiro atoms. The zero-order valence-corrected chi connectivity index (χ0v) is 8.94. The van der Waals surface area contributed by atoms with Gasteiger partial charge in [-0.15, -0.1) is 0 Å². The number of aromatic nitrogens is 2. The Morgan fingerprint density at radius 2 is 1.94 bits per heavy atom. The van der Waals surface area contributed by atoms with Gasteiger partial charge in [0.1, 0.15) is 17.2 Å². The van der Waals surface area contributed by atoms with E-state index in [-0.39, 0.29) is 0 Å². The summed E-state index contributed by atoms with van der Waals surface area (Å²) in [6, 6.07) is 9.31. The number of hydrogen-bond donors (Lipinski definition) is 1. The summed E-state index contributed by atoms with van der Waals surface area (Å²) >= 11 is 0. The van der Waals surface area contributed by atoms with Crippen LogP contribution in [0.1, 0.15) is 17.0 Å². The van der Waals surface area contributed by atoms with E-state index in [1.54, 1.807) is 6.20 Å². The van der Waals surface area contributed by atoms with Crippen molar-refractivity contribution in [2.75, 3.05) is 5.73 Å². The van der Waals surface area contributed by atoms with E-state index in [4.69, 9.17) is 5.73 Å². The maximum absolute atomic E-state index is 5.63. The maximum Gasteiger partial charge on any atom is 0.125 e. The molecule has 0 aliphatic rings. The van der Waals surface area contributed by atoms with Gasteiger partial charge in [0.15, 0.2) is 0 Å². The van der Waals surface area contributed by atoms with Crippen LogP contribution in [-0.2, 0) is 0 Å². The van der Waals surface area contributed by atoms with E-state index in [1.807, 2.05) is 37.3 Å². The van der Waals surface area contributed by atoms with Gasteiger partial charge in [-0.05, 0) is 48.6 Å². The number of rotatable bonds is 0. The second-order valence-corrected chi connectivity index (χ2v) is 3.42. The van der Waals surface area contributed by atoms with Crippen LogP contribution in [0.3, 0.4) is 0 Å². The Balaban J connectivity index is 2.31. The van der Waals surface area contributed by atoms with Gasteiger partial charge >= 0.3 is 0 Å². The molecule has 0 aliphatic heterocycles. The van der Waals surface area contributed by atoms with Crippen LogP contribution in [0.15, 0.2) is 36.5 Å². The summed E-state index contributed by atoms with van der Waals surface area (Å²) in [5.74, 6) is 6.37. The van der Waals surface area contributed by atoms with Crippen molar-refractivity contribution in [3.63, 3.8) is 0 Å². The molecule has 2 aromatic rings. The zero-order chi connectivity index (χ0) is 11.4. The summed E-state index contributed by atoms with van der Waals surface area (Å²) in [4.78, 5) is 8.23. The van der Waals surface area contributed by atoms with Gasteiger partial charge in [-0.3, -0.25) is 0 Å². The van der Waals surface area contributed by atoms with E-state index in [0.29, 0.717) is 11.5 Å². The normalized spacial score (nSPS) is 9.31. The van der Waals surface area contributed by atoms with Crippen LogP contribution < -0.4 is 5.73 Å². The third-order valence-corrected chi connectivity index (χ3v) is 1.97. The molecule has 78 valence electrons. The molecule has 2 N–H and O–H groups in total. The Labute approximate surface area is 94.4 Å². The Morgan fingerprint density at radius 1 is 1.12 bits per heavy atom. The van der Waals surface area contributed by atoms with Crippen LogP contribution in [-0.4, -0.2) is 9.97 Å². The molecule has 3 nitrogen and oxygen atoms in total. The van der Waals surface area contributed by atoms with Crippen LogP contribution in [0.25, 0.3) is 0 Å². The third-order valence-electron chi connectivity index (χ3n) is 1.97. The smallest absolute Gasteiger partial charge is 0.125 e. The molecule has 2 heterocycles. The number of anilines is 1. The first kappa shape index (κ1) is 10.2. The number of nitrogen functional groups attached to an aromatic ring is 1. The summed E-state index contributed by atoms with van der Waals surface area (Å²) < 4.78 is 0.